The Bertz CT molecular complexity index is 607. The number of nitrogens with two attached hydrogens (primary N) is 1. The van der Waals surface area contributed by atoms with Crippen LogP contribution in [0.1, 0.15) is 36.4 Å². The Morgan fingerprint density at radius 2 is 2.05 bits per heavy atom. The van der Waals surface area contributed by atoms with E-state index in [0.717, 1.165) is 35.4 Å². The van der Waals surface area contributed by atoms with Crippen LogP contribution < -0.4 is 5.73 Å². The maximum Gasteiger partial charge on any atom is 0.123 e. The molecule has 1 aromatic carbocycles. The molecule has 2 aromatic rings. The van der Waals surface area contributed by atoms with Gasteiger partial charge in [-0.3, -0.25) is 4.68 Å². The van der Waals surface area contributed by atoms with E-state index in [1.807, 2.05) is 4.68 Å². The number of benzene rings is 1. The summed E-state index contributed by atoms with van der Waals surface area (Å²) in [7, 11) is 0. The molecule has 0 saturated heterocycles. The van der Waals surface area contributed by atoms with E-state index in [2.05, 4.69) is 18.9 Å². The summed E-state index contributed by atoms with van der Waals surface area (Å²) in [6.07, 6.45) is 1.68. The van der Waals surface area contributed by atoms with Gasteiger partial charge in [-0.2, -0.15) is 5.10 Å². The van der Waals surface area contributed by atoms with E-state index in [9.17, 15) is 4.39 Å². The van der Waals surface area contributed by atoms with Gasteiger partial charge in [-0.1, -0.05) is 25.4 Å². The first-order chi connectivity index (χ1) is 9.60. The lowest BCUT2D eigenvalue weighted by molar-refractivity contribution is 0.611. The first kappa shape index (κ1) is 15.0. The Morgan fingerprint density at radius 1 is 1.30 bits per heavy atom. The van der Waals surface area contributed by atoms with Crippen molar-refractivity contribution < 1.29 is 4.39 Å². The Balaban J connectivity index is 2.42. The highest BCUT2D eigenvalue weighted by atomic mass is 35.5. The molecular formula is C15H19ClFN3. The van der Waals surface area contributed by atoms with E-state index in [0.29, 0.717) is 18.1 Å². The van der Waals surface area contributed by atoms with Crippen molar-refractivity contribution in [2.24, 2.45) is 5.73 Å². The van der Waals surface area contributed by atoms with Gasteiger partial charge in [-0.05, 0) is 36.6 Å². The van der Waals surface area contributed by atoms with Gasteiger partial charge >= 0.3 is 0 Å². The summed E-state index contributed by atoms with van der Waals surface area (Å²) in [4.78, 5) is 0. The largest absolute Gasteiger partial charge is 0.326 e. The maximum atomic E-state index is 13.3. The van der Waals surface area contributed by atoms with Crippen LogP contribution in [0.3, 0.4) is 0 Å². The number of rotatable bonds is 5. The lowest BCUT2D eigenvalue weighted by Crippen LogP contribution is -2.08. The highest BCUT2D eigenvalue weighted by molar-refractivity contribution is 6.31. The fourth-order valence-electron chi connectivity index (χ4n) is 2.46. The van der Waals surface area contributed by atoms with Crippen LogP contribution in [0.15, 0.2) is 18.2 Å². The van der Waals surface area contributed by atoms with Gasteiger partial charge in [-0.15, -0.1) is 0 Å². The van der Waals surface area contributed by atoms with Crippen molar-refractivity contribution in [3.05, 3.63) is 51.6 Å². The van der Waals surface area contributed by atoms with Crippen molar-refractivity contribution in [2.45, 2.75) is 39.8 Å². The van der Waals surface area contributed by atoms with E-state index in [-0.39, 0.29) is 5.82 Å². The van der Waals surface area contributed by atoms with Crippen LogP contribution in [0.25, 0.3) is 0 Å². The fourth-order valence-corrected chi connectivity index (χ4v) is 2.64. The van der Waals surface area contributed by atoms with Crippen LogP contribution in [0.5, 0.6) is 0 Å². The van der Waals surface area contributed by atoms with Crippen LogP contribution in [0.4, 0.5) is 4.39 Å². The normalized spacial score (nSPS) is 11.1. The fraction of sp³-hybridized carbons (Fsp3) is 0.400. The second-order valence-electron chi connectivity index (χ2n) is 4.68. The Morgan fingerprint density at radius 3 is 2.65 bits per heavy atom. The topological polar surface area (TPSA) is 43.8 Å². The van der Waals surface area contributed by atoms with Gasteiger partial charge < -0.3 is 5.73 Å². The van der Waals surface area contributed by atoms with E-state index >= 15 is 0 Å². The van der Waals surface area contributed by atoms with Crippen LogP contribution in [-0.2, 0) is 25.9 Å². The maximum absolute atomic E-state index is 13.3. The monoisotopic (exact) mass is 295 g/mol. The minimum Gasteiger partial charge on any atom is -0.326 e. The molecule has 0 aliphatic heterocycles. The van der Waals surface area contributed by atoms with Crippen LogP contribution in [-0.4, -0.2) is 9.78 Å². The zero-order valence-electron chi connectivity index (χ0n) is 11.8. The highest BCUT2D eigenvalue weighted by Crippen LogP contribution is 2.21. The molecule has 3 nitrogen and oxygen atoms in total. The minimum atomic E-state index is -0.288. The van der Waals surface area contributed by atoms with Crippen LogP contribution in [0, 0.1) is 5.82 Å². The van der Waals surface area contributed by atoms with Gasteiger partial charge in [0, 0.05) is 22.8 Å². The molecule has 0 aliphatic rings. The van der Waals surface area contributed by atoms with Crippen molar-refractivity contribution in [3.8, 4) is 0 Å². The van der Waals surface area contributed by atoms with Crippen molar-refractivity contribution in [3.63, 3.8) is 0 Å². The molecule has 0 amide bonds. The molecule has 5 heteroatoms. The van der Waals surface area contributed by atoms with Crippen molar-refractivity contribution in [1.29, 1.82) is 0 Å². The first-order valence-electron chi connectivity index (χ1n) is 6.82. The van der Waals surface area contributed by atoms with Gasteiger partial charge in [0.2, 0.25) is 0 Å². The van der Waals surface area contributed by atoms with Crippen molar-refractivity contribution in [2.75, 3.05) is 0 Å². The van der Waals surface area contributed by atoms with Gasteiger partial charge in [0.25, 0.3) is 0 Å². The number of nitrogens with zero attached hydrogens (tertiary/aromatic N) is 2. The van der Waals surface area contributed by atoms with E-state index in [1.54, 1.807) is 6.07 Å². The molecule has 1 aromatic heterocycles. The summed E-state index contributed by atoms with van der Waals surface area (Å²) in [6.45, 7) is 5.07. The number of halogens is 2. The third-order valence-corrected chi connectivity index (χ3v) is 3.82. The average molecular weight is 296 g/mol. The molecule has 1 heterocycles. The number of hydrogen-bond donors (Lipinski definition) is 1. The summed E-state index contributed by atoms with van der Waals surface area (Å²) < 4.78 is 15.2. The number of aromatic nitrogens is 2. The summed E-state index contributed by atoms with van der Waals surface area (Å²) in [5.41, 5.74) is 9.77. The van der Waals surface area contributed by atoms with Crippen LogP contribution >= 0.6 is 11.6 Å². The lowest BCUT2D eigenvalue weighted by Gasteiger charge is -2.09. The van der Waals surface area contributed by atoms with E-state index < -0.39 is 0 Å². The zero-order chi connectivity index (χ0) is 14.7. The molecule has 0 atom stereocenters. The predicted octanol–water partition coefficient (Wildman–Crippen LogP) is 3.31. The standard InChI is InChI=1S/C15H19ClFN3/c1-3-14-12(8-18)15(4-2)20(19-14)9-10-7-11(17)5-6-13(10)16/h5-7H,3-4,8-9,18H2,1-2H3. The molecule has 0 unspecified atom stereocenters. The zero-order valence-corrected chi connectivity index (χ0v) is 12.5. The van der Waals surface area contributed by atoms with E-state index in [4.69, 9.17) is 17.3 Å². The summed E-state index contributed by atoms with van der Waals surface area (Å²) in [5, 5.41) is 5.14. The molecule has 0 saturated carbocycles. The second-order valence-corrected chi connectivity index (χ2v) is 5.08. The van der Waals surface area contributed by atoms with Crippen LogP contribution in [0.2, 0.25) is 5.02 Å². The quantitative estimate of drug-likeness (QED) is 0.920. The molecule has 0 bridgehead atoms. The first-order valence-corrected chi connectivity index (χ1v) is 7.19. The Hall–Kier alpha value is -1.39. The second kappa shape index (κ2) is 6.37. The summed E-state index contributed by atoms with van der Waals surface area (Å²) in [5.74, 6) is -0.288. The SMILES string of the molecule is CCc1nn(Cc2cc(F)ccc2Cl)c(CC)c1CN. The molecule has 2 rings (SSSR count). The molecule has 20 heavy (non-hydrogen) atoms. The Labute approximate surface area is 123 Å². The molecular weight excluding hydrogens is 277 g/mol. The third-order valence-electron chi connectivity index (χ3n) is 3.45. The van der Waals surface area contributed by atoms with E-state index in [1.165, 1.54) is 12.1 Å². The lowest BCUT2D eigenvalue weighted by atomic mass is 10.1. The highest BCUT2D eigenvalue weighted by Gasteiger charge is 2.15. The van der Waals surface area contributed by atoms with Gasteiger partial charge in [0.05, 0.1) is 12.2 Å². The molecule has 108 valence electrons. The summed E-state index contributed by atoms with van der Waals surface area (Å²) >= 11 is 6.12. The average Bonchev–Trinajstić information content (AvgIpc) is 2.79. The van der Waals surface area contributed by atoms with Gasteiger partial charge in [0.15, 0.2) is 0 Å². The van der Waals surface area contributed by atoms with Gasteiger partial charge in [0.1, 0.15) is 5.82 Å². The number of hydrogen-bond acceptors (Lipinski definition) is 2. The molecule has 0 aliphatic carbocycles. The summed E-state index contributed by atoms with van der Waals surface area (Å²) in [6, 6.07) is 4.39. The molecule has 0 spiro atoms. The smallest absolute Gasteiger partial charge is 0.123 e. The van der Waals surface area contributed by atoms with Gasteiger partial charge in [-0.25, -0.2) is 4.39 Å². The minimum absolute atomic E-state index is 0.288. The van der Waals surface area contributed by atoms with Crippen molar-refractivity contribution >= 4 is 11.6 Å². The Kier molecular flexibility index (Phi) is 4.78. The molecule has 2 N–H and O–H groups in total. The third kappa shape index (κ3) is 2.86. The molecule has 0 fully saturated rings. The number of aryl methyl sites for hydroxylation is 1. The van der Waals surface area contributed by atoms with Crippen molar-refractivity contribution in [1.82, 2.24) is 9.78 Å². The predicted molar refractivity (Wildman–Crippen MR) is 79.4 cm³/mol. The molecule has 0 radical (unpaired) electrons.